The molecule has 3 aliphatic heterocycles. The van der Waals surface area contributed by atoms with Crippen molar-refractivity contribution in [2.24, 2.45) is 17.2 Å². The number of ether oxygens (including phenoxy) is 6. The van der Waals surface area contributed by atoms with E-state index < -0.39 is 131 Å². The topological polar surface area (TPSA) is 316 Å². The van der Waals surface area contributed by atoms with Crippen LogP contribution >= 0.6 is 0 Å². The molecule has 39 heavy (non-hydrogen) atoms. The zero-order valence-corrected chi connectivity index (χ0v) is 21.0. The first-order valence-electron chi connectivity index (χ1n) is 12.5. The van der Waals surface area contributed by atoms with Gasteiger partial charge in [0.2, 0.25) is 0 Å². The second kappa shape index (κ2) is 14.4. The predicted molar refractivity (Wildman–Crippen MR) is 124 cm³/mol. The minimum Gasteiger partial charge on any atom is -0.394 e. The molecule has 18 nitrogen and oxygen atoms in total. The summed E-state index contributed by atoms with van der Waals surface area (Å²) in [5.74, 6) is 0. The smallest absolute Gasteiger partial charge is 0.176 e. The van der Waals surface area contributed by atoms with Crippen LogP contribution in [0.5, 0.6) is 0 Å². The van der Waals surface area contributed by atoms with Gasteiger partial charge in [-0.15, -0.1) is 0 Å². The van der Waals surface area contributed by atoms with E-state index in [2.05, 4.69) is 0 Å². The maximum Gasteiger partial charge on any atom is 0.176 e. The largest absolute Gasteiger partial charge is 0.394 e. The molecule has 3 rings (SSSR count). The highest BCUT2D eigenvalue weighted by atomic mass is 16.7. The highest BCUT2D eigenvalue weighted by Gasteiger charge is 2.52. The van der Waals surface area contributed by atoms with E-state index in [0.29, 0.717) is 0 Å². The summed E-state index contributed by atoms with van der Waals surface area (Å²) in [7, 11) is 0. The van der Waals surface area contributed by atoms with E-state index in [-0.39, 0.29) is 0 Å². The Balaban J connectivity index is 1.75. The van der Waals surface area contributed by atoms with Gasteiger partial charge in [0.05, 0.1) is 51.2 Å². The van der Waals surface area contributed by atoms with Crippen LogP contribution in [0.15, 0.2) is 0 Å². The molecule has 3 saturated heterocycles. The van der Waals surface area contributed by atoms with Gasteiger partial charge in [-0.05, 0) is 0 Å². The normalized spacial score (nSPS) is 48.2. The average Bonchev–Trinajstić information content (AvgIpc) is 2.93. The van der Waals surface area contributed by atoms with Crippen molar-refractivity contribution in [3.05, 3.63) is 0 Å². The van der Waals surface area contributed by atoms with E-state index in [1.54, 1.807) is 0 Å². The lowest BCUT2D eigenvalue weighted by Crippen LogP contribution is -2.69. The number of nitrogens with two attached hydrogens (primary N) is 3. The van der Waals surface area contributed by atoms with Gasteiger partial charge >= 0.3 is 0 Å². The number of hydrogen-bond acceptors (Lipinski definition) is 18. The molecule has 18 heteroatoms. The molecule has 0 saturated carbocycles. The standard InChI is InChI=1S/C21H41N3O15/c22-10-14(31)13(30)7(2-26)36-20(10)38-16-8(3-27)37-21(11(23)15(16)32)39-17-9(4-28)35-19(33)12(24)18(17)34-5-6(29)1-25/h6-21,25-33H,1-5,22-24H2/t6?,7-,8-,9-,10-,11-,12-,13-,14-,15-,16?,17?,18-,19-,20+,21+/m1/s1. The van der Waals surface area contributed by atoms with Crippen LogP contribution in [0.4, 0.5) is 0 Å². The van der Waals surface area contributed by atoms with Crippen molar-refractivity contribution in [1.29, 1.82) is 0 Å². The SMILES string of the molecule is N[C@H]1[C@H](OC2[C@@H](CO)O[C@@H](OC3[C@@H](CO)O[C@@H](O)[C@H](N)[C@H]3OCC(O)CO)[C@H](N)[C@H]2O)O[C@H](CO)[C@@H](O)[C@@H]1O. The second-order valence-electron chi connectivity index (χ2n) is 9.74. The van der Waals surface area contributed by atoms with Crippen LogP contribution in [0.25, 0.3) is 0 Å². The molecule has 0 bridgehead atoms. The Bertz CT molecular complexity index is 741. The average molecular weight is 576 g/mol. The van der Waals surface area contributed by atoms with Crippen LogP contribution in [-0.2, 0) is 28.4 Å². The Kier molecular flexibility index (Phi) is 12.1. The molecule has 3 aliphatic rings. The van der Waals surface area contributed by atoms with E-state index in [1.807, 2.05) is 0 Å². The first-order valence-corrected chi connectivity index (χ1v) is 12.5. The number of rotatable bonds is 11. The first-order chi connectivity index (χ1) is 18.5. The van der Waals surface area contributed by atoms with Gasteiger partial charge in [-0.25, -0.2) is 0 Å². The van der Waals surface area contributed by atoms with Gasteiger partial charge in [0.1, 0.15) is 61.0 Å². The number of hydrogen-bond donors (Lipinski definition) is 12. The molecule has 3 fully saturated rings. The van der Waals surface area contributed by atoms with Gasteiger partial charge in [-0.3, -0.25) is 0 Å². The molecule has 0 radical (unpaired) electrons. The number of aliphatic hydroxyl groups is 9. The van der Waals surface area contributed by atoms with Gasteiger partial charge in [0.25, 0.3) is 0 Å². The summed E-state index contributed by atoms with van der Waals surface area (Å²) < 4.78 is 33.6. The van der Waals surface area contributed by atoms with E-state index in [1.165, 1.54) is 0 Å². The maximum absolute atomic E-state index is 11.0. The molecule has 0 aliphatic carbocycles. The summed E-state index contributed by atoms with van der Waals surface area (Å²) in [5.41, 5.74) is 18.1. The van der Waals surface area contributed by atoms with Crippen molar-refractivity contribution in [2.75, 3.05) is 33.0 Å². The minimum atomic E-state index is -1.60. The van der Waals surface area contributed by atoms with E-state index in [4.69, 9.17) is 50.7 Å². The molecule has 16 atom stereocenters. The molecule has 0 spiro atoms. The fourth-order valence-corrected chi connectivity index (χ4v) is 4.65. The summed E-state index contributed by atoms with van der Waals surface area (Å²) >= 11 is 0. The monoisotopic (exact) mass is 575 g/mol. The summed E-state index contributed by atoms with van der Waals surface area (Å²) in [6, 6.07) is -3.90. The van der Waals surface area contributed by atoms with Gasteiger partial charge in [-0.1, -0.05) is 0 Å². The third-order valence-corrected chi connectivity index (χ3v) is 7.00. The van der Waals surface area contributed by atoms with Crippen molar-refractivity contribution in [3.63, 3.8) is 0 Å². The number of aliphatic hydroxyl groups excluding tert-OH is 9. The van der Waals surface area contributed by atoms with Crippen LogP contribution in [0.3, 0.4) is 0 Å². The zero-order chi connectivity index (χ0) is 29.0. The molecule has 3 heterocycles. The Morgan fingerprint density at radius 1 is 0.615 bits per heavy atom. The second-order valence-corrected chi connectivity index (χ2v) is 9.74. The third kappa shape index (κ3) is 7.20. The Morgan fingerprint density at radius 3 is 1.69 bits per heavy atom. The van der Waals surface area contributed by atoms with Crippen LogP contribution in [0.1, 0.15) is 0 Å². The lowest BCUT2D eigenvalue weighted by atomic mass is 9.94. The van der Waals surface area contributed by atoms with Gasteiger partial charge in [0, 0.05) is 0 Å². The summed E-state index contributed by atoms with van der Waals surface area (Å²) in [4.78, 5) is 0. The predicted octanol–water partition coefficient (Wildman–Crippen LogP) is -8.30. The van der Waals surface area contributed by atoms with E-state index in [9.17, 15) is 40.9 Å². The van der Waals surface area contributed by atoms with Crippen LogP contribution in [0.2, 0.25) is 0 Å². The lowest BCUT2D eigenvalue weighted by molar-refractivity contribution is -0.350. The summed E-state index contributed by atoms with van der Waals surface area (Å²) in [5, 5.41) is 89.2. The minimum absolute atomic E-state index is 0.411. The lowest BCUT2D eigenvalue weighted by Gasteiger charge is -2.49. The molecule has 15 N–H and O–H groups in total. The maximum atomic E-state index is 11.0. The quantitative estimate of drug-likeness (QED) is 0.109. The van der Waals surface area contributed by atoms with Crippen molar-refractivity contribution in [1.82, 2.24) is 0 Å². The molecule has 0 aromatic rings. The van der Waals surface area contributed by atoms with Crippen molar-refractivity contribution in [3.8, 4) is 0 Å². The van der Waals surface area contributed by atoms with Gasteiger partial charge in [0.15, 0.2) is 18.9 Å². The molecule has 3 unspecified atom stereocenters. The molecule has 0 amide bonds. The third-order valence-electron chi connectivity index (χ3n) is 7.00. The van der Waals surface area contributed by atoms with Crippen molar-refractivity contribution >= 4 is 0 Å². The fourth-order valence-electron chi connectivity index (χ4n) is 4.65. The molecule has 230 valence electrons. The summed E-state index contributed by atoms with van der Waals surface area (Å²) in [6.07, 6.45) is -18.0. The first kappa shape index (κ1) is 32.8. The van der Waals surface area contributed by atoms with Gasteiger partial charge in [-0.2, -0.15) is 0 Å². The molecular formula is C21H41N3O15. The molecule has 0 aromatic carbocycles. The van der Waals surface area contributed by atoms with Crippen molar-refractivity contribution < 1.29 is 74.4 Å². The van der Waals surface area contributed by atoms with Crippen LogP contribution in [-0.4, -0.2) is 177 Å². The Hall–Kier alpha value is -0.720. The van der Waals surface area contributed by atoms with Crippen LogP contribution < -0.4 is 17.2 Å². The molecular weight excluding hydrogens is 534 g/mol. The highest BCUT2D eigenvalue weighted by molar-refractivity contribution is 4.99. The Morgan fingerprint density at radius 2 is 1.13 bits per heavy atom. The Labute approximate surface area is 223 Å². The van der Waals surface area contributed by atoms with Crippen molar-refractivity contribution in [2.45, 2.75) is 98.0 Å². The van der Waals surface area contributed by atoms with Crippen LogP contribution in [0, 0.1) is 0 Å². The molecule has 0 aromatic heterocycles. The van der Waals surface area contributed by atoms with E-state index in [0.717, 1.165) is 0 Å². The fraction of sp³-hybridized carbons (Fsp3) is 1.00. The summed E-state index contributed by atoms with van der Waals surface area (Å²) in [6.45, 7) is -3.10. The van der Waals surface area contributed by atoms with E-state index >= 15 is 0 Å². The van der Waals surface area contributed by atoms with Gasteiger partial charge < -0.3 is 91.6 Å². The zero-order valence-electron chi connectivity index (χ0n) is 21.0. The highest BCUT2D eigenvalue weighted by Crippen LogP contribution is 2.31.